The van der Waals surface area contributed by atoms with Crippen molar-refractivity contribution in [3.8, 4) is 0 Å². The standard InChI is InChI=1S/C25H28ClF4N3O4/c1-3-33(17-8-10-37-11-9-17)22-7-4-15(18(25(28,29)30)14-23(34)36-2)12-21(22)32-24(35)31-20-6-5-16(26)13-19(20)27/h4-7,12-13,17-18H,3,8-11,14H2,1-2H3,(H2,31,32,35)/t18-/m0/s1. The van der Waals surface area contributed by atoms with Gasteiger partial charge in [-0.1, -0.05) is 17.7 Å². The molecule has 2 aromatic carbocycles. The number of hydrogen-bond acceptors (Lipinski definition) is 5. The number of urea groups is 1. The van der Waals surface area contributed by atoms with Crippen LogP contribution in [-0.4, -0.2) is 51.1 Å². The molecule has 0 unspecified atom stereocenters. The van der Waals surface area contributed by atoms with Gasteiger partial charge in [0, 0.05) is 30.8 Å². The third-order valence-electron chi connectivity index (χ3n) is 6.13. The first-order valence-corrected chi connectivity index (χ1v) is 12.1. The maximum Gasteiger partial charge on any atom is 0.396 e. The topological polar surface area (TPSA) is 79.9 Å². The lowest BCUT2D eigenvalue weighted by molar-refractivity contribution is -0.164. The van der Waals surface area contributed by atoms with E-state index in [-0.39, 0.29) is 28.0 Å². The van der Waals surface area contributed by atoms with Crippen LogP contribution >= 0.6 is 11.6 Å². The second-order valence-corrected chi connectivity index (χ2v) is 8.92. The number of alkyl halides is 3. The molecule has 3 rings (SSSR count). The summed E-state index contributed by atoms with van der Waals surface area (Å²) in [7, 11) is 1.01. The quantitative estimate of drug-likeness (QED) is 0.299. The second-order valence-electron chi connectivity index (χ2n) is 8.48. The Bertz CT molecular complexity index is 1110. The second kappa shape index (κ2) is 12.5. The number of benzene rings is 2. The molecule has 1 atom stereocenters. The predicted octanol–water partition coefficient (Wildman–Crippen LogP) is 6.34. The van der Waals surface area contributed by atoms with Gasteiger partial charge in [0.15, 0.2) is 0 Å². The smallest absolute Gasteiger partial charge is 0.396 e. The molecule has 1 saturated heterocycles. The summed E-state index contributed by atoms with van der Waals surface area (Å²) in [6.45, 7) is 3.48. The number of amides is 2. The van der Waals surface area contributed by atoms with Crippen molar-refractivity contribution in [1.29, 1.82) is 0 Å². The van der Waals surface area contributed by atoms with E-state index >= 15 is 0 Å². The molecule has 0 spiro atoms. The van der Waals surface area contributed by atoms with Crippen LogP contribution in [-0.2, 0) is 14.3 Å². The molecule has 2 aromatic rings. The summed E-state index contributed by atoms with van der Waals surface area (Å²) in [5.41, 5.74) is 0.189. The summed E-state index contributed by atoms with van der Waals surface area (Å²) in [6.07, 6.45) is -4.26. The summed E-state index contributed by atoms with van der Waals surface area (Å²) in [5, 5.41) is 5.05. The van der Waals surface area contributed by atoms with Gasteiger partial charge in [-0.15, -0.1) is 0 Å². The molecule has 1 fully saturated rings. The van der Waals surface area contributed by atoms with Crippen molar-refractivity contribution in [2.24, 2.45) is 0 Å². The first kappa shape index (κ1) is 28.5. The highest BCUT2D eigenvalue weighted by Gasteiger charge is 2.42. The molecule has 0 bridgehead atoms. The van der Waals surface area contributed by atoms with Crippen molar-refractivity contribution in [2.75, 3.05) is 42.4 Å². The van der Waals surface area contributed by atoms with Crippen LogP contribution in [0, 0.1) is 5.82 Å². The first-order chi connectivity index (χ1) is 17.5. The molecule has 1 aliphatic rings. The van der Waals surface area contributed by atoms with Gasteiger partial charge in [-0.2, -0.15) is 13.2 Å². The summed E-state index contributed by atoms with van der Waals surface area (Å²) >= 11 is 5.75. The van der Waals surface area contributed by atoms with Crippen LogP contribution in [0.15, 0.2) is 36.4 Å². The number of ether oxygens (including phenoxy) is 2. The Labute approximate surface area is 217 Å². The molecule has 37 heavy (non-hydrogen) atoms. The van der Waals surface area contributed by atoms with Crippen molar-refractivity contribution >= 4 is 40.7 Å². The van der Waals surface area contributed by atoms with Crippen LogP contribution in [0.1, 0.15) is 37.7 Å². The van der Waals surface area contributed by atoms with Gasteiger partial charge in [0.25, 0.3) is 0 Å². The Balaban J connectivity index is 1.99. The van der Waals surface area contributed by atoms with Gasteiger partial charge in [0.05, 0.1) is 36.5 Å². The maximum absolute atomic E-state index is 14.2. The molecule has 7 nitrogen and oxygen atoms in total. The number of carbonyl (C=O) groups excluding carboxylic acids is 2. The highest BCUT2D eigenvalue weighted by atomic mass is 35.5. The maximum atomic E-state index is 14.2. The molecule has 12 heteroatoms. The fourth-order valence-electron chi connectivity index (χ4n) is 4.28. The van der Waals surface area contributed by atoms with E-state index in [0.717, 1.165) is 13.2 Å². The molecule has 202 valence electrons. The largest absolute Gasteiger partial charge is 0.469 e. The number of anilines is 3. The Morgan fingerprint density at radius 3 is 2.41 bits per heavy atom. The van der Waals surface area contributed by atoms with E-state index in [1.165, 1.54) is 30.3 Å². The molecular formula is C25H28ClF4N3O4. The predicted molar refractivity (Wildman–Crippen MR) is 133 cm³/mol. The summed E-state index contributed by atoms with van der Waals surface area (Å²) < 4.78 is 65.8. The Kier molecular flexibility index (Phi) is 9.61. The zero-order valence-corrected chi connectivity index (χ0v) is 21.1. The van der Waals surface area contributed by atoms with E-state index < -0.39 is 36.3 Å². The van der Waals surface area contributed by atoms with Crippen LogP contribution in [0.25, 0.3) is 0 Å². The SMILES string of the molecule is CCN(c1ccc([C@H](CC(=O)OC)C(F)(F)F)cc1NC(=O)Nc1ccc(Cl)cc1F)C1CCOCC1. The molecule has 2 amide bonds. The molecule has 0 aliphatic carbocycles. The minimum absolute atomic E-state index is 0.0374. The van der Waals surface area contributed by atoms with Crippen molar-refractivity contribution in [2.45, 2.75) is 44.3 Å². The van der Waals surface area contributed by atoms with Gasteiger partial charge >= 0.3 is 18.2 Å². The number of halogens is 5. The van der Waals surface area contributed by atoms with Gasteiger partial charge < -0.3 is 25.0 Å². The molecule has 1 heterocycles. The number of esters is 1. The number of hydrogen-bond donors (Lipinski definition) is 2. The molecular weight excluding hydrogens is 518 g/mol. The van der Waals surface area contributed by atoms with Crippen molar-refractivity contribution in [1.82, 2.24) is 0 Å². The Morgan fingerprint density at radius 1 is 1.14 bits per heavy atom. The lowest BCUT2D eigenvalue weighted by atomic mass is 9.93. The van der Waals surface area contributed by atoms with E-state index in [1.807, 2.05) is 11.8 Å². The van der Waals surface area contributed by atoms with Crippen LogP contribution in [0.4, 0.5) is 39.4 Å². The summed E-state index contributed by atoms with van der Waals surface area (Å²) in [4.78, 5) is 26.5. The minimum Gasteiger partial charge on any atom is -0.469 e. The van der Waals surface area contributed by atoms with E-state index in [2.05, 4.69) is 15.4 Å². The monoisotopic (exact) mass is 545 g/mol. The van der Waals surface area contributed by atoms with Crippen molar-refractivity contribution in [3.63, 3.8) is 0 Å². The first-order valence-electron chi connectivity index (χ1n) is 11.7. The van der Waals surface area contributed by atoms with Crippen LogP contribution in [0.2, 0.25) is 5.02 Å². The van der Waals surface area contributed by atoms with E-state index in [0.29, 0.717) is 38.3 Å². The van der Waals surface area contributed by atoms with Crippen molar-refractivity contribution < 1.29 is 36.6 Å². The van der Waals surface area contributed by atoms with Crippen molar-refractivity contribution in [3.05, 3.63) is 52.8 Å². The zero-order valence-electron chi connectivity index (χ0n) is 20.3. The zero-order chi connectivity index (χ0) is 27.2. The Hall–Kier alpha value is -3.05. The molecule has 1 aliphatic heterocycles. The number of nitrogens with one attached hydrogen (secondary N) is 2. The van der Waals surface area contributed by atoms with Crippen LogP contribution in [0.3, 0.4) is 0 Å². The number of nitrogens with zero attached hydrogens (tertiary/aromatic N) is 1. The highest BCUT2D eigenvalue weighted by Crippen LogP contribution is 2.41. The number of carbonyl (C=O) groups is 2. The van der Waals surface area contributed by atoms with Gasteiger partial charge in [0.2, 0.25) is 0 Å². The van der Waals surface area contributed by atoms with Crippen LogP contribution in [0.5, 0.6) is 0 Å². The van der Waals surface area contributed by atoms with Gasteiger partial charge in [-0.3, -0.25) is 4.79 Å². The third-order valence-corrected chi connectivity index (χ3v) is 6.36. The fraction of sp³-hybridized carbons (Fsp3) is 0.440. The Morgan fingerprint density at radius 2 is 1.81 bits per heavy atom. The molecule has 0 saturated carbocycles. The normalized spacial score (nSPS) is 15.1. The third kappa shape index (κ3) is 7.48. The average Bonchev–Trinajstić information content (AvgIpc) is 2.85. The fourth-order valence-corrected chi connectivity index (χ4v) is 4.44. The summed E-state index contributed by atoms with van der Waals surface area (Å²) in [5.74, 6) is -3.94. The number of rotatable bonds is 8. The number of methoxy groups -OCH3 is 1. The molecule has 0 radical (unpaired) electrons. The van der Waals surface area contributed by atoms with E-state index in [9.17, 15) is 27.2 Å². The minimum atomic E-state index is -4.74. The van der Waals surface area contributed by atoms with Gasteiger partial charge in [-0.05, 0) is 55.7 Å². The molecule has 2 N–H and O–H groups in total. The van der Waals surface area contributed by atoms with Gasteiger partial charge in [-0.25, -0.2) is 9.18 Å². The van der Waals surface area contributed by atoms with E-state index in [4.69, 9.17) is 16.3 Å². The lowest BCUT2D eigenvalue weighted by Crippen LogP contribution is -2.40. The summed E-state index contributed by atoms with van der Waals surface area (Å²) in [6, 6.07) is 6.82. The average molecular weight is 546 g/mol. The highest BCUT2D eigenvalue weighted by molar-refractivity contribution is 6.30. The van der Waals surface area contributed by atoms with E-state index in [1.54, 1.807) is 0 Å². The lowest BCUT2D eigenvalue weighted by Gasteiger charge is -2.36. The van der Waals surface area contributed by atoms with Gasteiger partial charge in [0.1, 0.15) is 5.82 Å². The van der Waals surface area contributed by atoms with Crippen LogP contribution < -0.4 is 15.5 Å². The molecule has 0 aromatic heterocycles.